The summed E-state index contributed by atoms with van der Waals surface area (Å²) in [6, 6.07) is 9.28. The Morgan fingerprint density at radius 1 is 1.11 bits per heavy atom. The molecule has 1 aliphatic heterocycles. The van der Waals surface area contributed by atoms with Crippen LogP contribution in [0.3, 0.4) is 0 Å². The van der Waals surface area contributed by atoms with Crippen molar-refractivity contribution in [2.75, 3.05) is 50.8 Å². The number of carbonyl (C=O) groups excluding carboxylic acids is 1. The van der Waals surface area contributed by atoms with E-state index in [4.69, 9.17) is 16.3 Å². The van der Waals surface area contributed by atoms with E-state index >= 15 is 0 Å². The summed E-state index contributed by atoms with van der Waals surface area (Å²) in [6.45, 7) is 5.42. The highest BCUT2D eigenvalue weighted by Gasteiger charge is 2.18. The molecule has 1 aliphatic rings. The zero-order valence-electron chi connectivity index (χ0n) is 15.2. The second-order valence-electron chi connectivity index (χ2n) is 6.31. The fourth-order valence-corrected chi connectivity index (χ4v) is 3.09. The van der Waals surface area contributed by atoms with E-state index in [1.54, 1.807) is 12.4 Å². The van der Waals surface area contributed by atoms with Gasteiger partial charge in [-0.1, -0.05) is 29.8 Å². The van der Waals surface area contributed by atoms with Gasteiger partial charge in [0, 0.05) is 56.7 Å². The molecule has 0 radical (unpaired) electrons. The Hall–Kier alpha value is -2.22. The van der Waals surface area contributed by atoms with E-state index in [1.807, 2.05) is 30.3 Å². The summed E-state index contributed by atoms with van der Waals surface area (Å²) in [7, 11) is 0. The fraction of sp³-hybridized carbons (Fsp3) is 0.421. The topological polar surface area (TPSA) is 70.6 Å². The molecule has 0 spiro atoms. The Morgan fingerprint density at radius 3 is 2.59 bits per heavy atom. The van der Waals surface area contributed by atoms with Crippen molar-refractivity contribution in [3.05, 3.63) is 53.3 Å². The second kappa shape index (κ2) is 10.2. The lowest BCUT2D eigenvalue weighted by Crippen LogP contribution is -2.49. The van der Waals surface area contributed by atoms with Crippen molar-refractivity contribution < 1.29 is 9.53 Å². The Bertz CT molecular complexity index is 723. The van der Waals surface area contributed by atoms with Crippen LogP contribution in [-0.4, -0.2) is 66.7 Å². The SMILES string of the molecule is O=C(COCc1ccccc1Cl)NCCN1CCN(c2ncccn2)CC1. The summed E-state index contributed by atoms with van der Waals surface area (Å²) >= 11 is 6.06. The van der Waals surface area contributed by atoms with E-state index < -0.39 is 0 Å². The van der Waals surface area contributed by atoms with Crippen LogP contribution in [0.25, 0.3) is 0 Å². The number of amides is 1. The number of carbonyl (C=O) groups is 1. The molecule has 2 heterocycles. The third-order valence-electron chi connectivity index (χ3n) is 4.41. The Balaban J connectivity index is 1.28. The second-order valence-corrected chi connectivity index (χ2v) is 6.72. The van der Waals surface area contributed by atoms with Gasteiger partial charge in [0.2, 0.25) is 11.9 Å². The van der Waals surface area contributed by atoms with E-state index in [-0.39, 0.29) is 12.5 Å². The standard InChI is InChI=1S/C19H24ClN5O2/c20-17-5-2-1-4-16(17)14-27-15-18(26)21-8-9-24-10-12-25(13-11-24)19-22-6-3-7-23-19/h1-7H,8-15H2,(H,21,26). The highest BCUT2D eigenvalue weighted by molar-refractivity contribution is 6.31. The lowest BCUT2D eigenvalue weighted by molar-refractivity contribution is -0.126. The lowest BCUT2D eigenvalue weighted by atomic mass is 10.2. The summed E-state index contributed by atoms with van der Waals surface area (Å²) in [6.07, 6.45) is 3.52. The van der Waals surface area contributed by atoms with E-state index in [0.717, 1.165) is 44.2 Å². The number of hydrogen-bond acceptors (Lipinski definition) is 6. The van der Waals surface area contributed by atoms with Crippen molar-refractivity contribution in [3.63, 3.8) is 0 Å². The van der Waals surface area contributed by atoms with Crippen molar-refractivity contribution in [1.29, 1.82) is 0 Å². The first-order valence-electron chi connectivity index (χ1n) is 9.04. The van der Waals surface area contributed by atoms with Crippen LogP contribution in [0.15, 0.2) is 42.7 Å². The Labute approximate surface area is 164 Å². The molecule has 3 rings (SSSR count). The van der Waals surface area contributed by atoms with Gasteiger partial charge in [0.1, 0.15) is 6.61 Å². The maximum atomic E-state index is 11.9. The molecule has 1 fully saturated rings. The number of nitrogens with one attached hydrogen (secondary N) is 1. The number of ether oxygens (including phenoxy) is 1. The first-order valence-corrected chi connectivity index (χ1v) is 9.42. The maximum Gasteiger partial charge on any atom is 0.246 e. The van der Waals surface area contributed by atoms with Gasteiger partial charge in [0.05, 0.1) is 6.61 Å². The van der Waals surface area contributed by atoms with Crippen LogP contribution < -0.4 is 10.2 Å². The molecule has 0 atom stereocenters. The summed E-state index contributed by atoms with van der Waals surface area (Å²) in [5, 5.41) is 3.55. The fourth-order valence-electron chi connectivity index (χ4n) is 2.90. The van der Waals surface area contributed by atoms with E-state index in [0.29, 0.717) is 18.2 Å². The van der Waals surface area contributed by atoms with Crippen molar-refractivity contribution in [1.82, 2.24) is 20.2 Å². The largest absolute Gasteiger partial charge is 0.367 e. The molecule has 1 saturated heterocycles. The van der Waals surface area contributed by atoms with Gasteiger partial charge in [0.25, 0.3) is 0 Å². The molecule has 144 valence electrons. The third kappa shape index (κ3) is 6.16. The molecule has 8 heteroatoms. The number of halogens is 1. The number of nitrogens with zero attached hydrogens (tertiary/aromatic N) is 4. The number of anilines is 1. The molecule has 0 bridgehead atoms. The number of piperazine rings is 1. The number of aromatic nitrogens is 2. The van der Waals surface area contributed by atoms with Gasteiger partial charge in [-0.05, 0) is 17.7 Å². The van der Waals surface area contributed by atoms with Crippen molar-refractivity contribution >= 4 is 23.5 Å². The van der Waals surface area contributed by atoms with Gasteiger partial charge in [-0.25, -0.2) is 9.97 Å². The smallest absolute Gasteiger partial charge is 0.246 e. The first kappa shape index (κ1) is 19.5. The quantitative estimate of drug-likeness (QED) is 0.739. The molecule has 2 aromatic rings. The van der Waals surface area contributed by atoms with Crippen molar-refractivity contribution in [2.24, 2.45) is 0 Å². The predicted molar refractivity (Wildman–Crippen MR) is 105 cm³/mol. The van der Waals surface area contributed by atoms with Gasteiger partial charge in [0.15, 0.2) is 0 Å². The summed E-state index contributed by atoms with van der Waals surface area (Å²) in [4.78, 5) is 25.0. The molecular formula is C19H24ClN5O2. The first-order chi connectivity index (χ1) is 13.2. The molecule has 1 aromatic heterocycles. The van der Waals surface area contributed by atoms with Crippen LogP contribution in [0.2, 0.25) is 5.02 Å². The maximum absolute atomic E-state index is 11.9. The Morgan fingerprint density at radius 2 is 1.85 bits per heavy atom. The minimum absolute atomic E-state index is 0.0321. The lowest BCUT2D eigenvalue weighted by Gasteiger charge is -2.34. The molecule has 27 heavy (non-hydrogen) atoms. The molecule has 0 saturated carbocycles. The van der Waals surface area contributed by atoms with Gasteiger partial charge < -0.3 is 15.0 Å². The van der Waals surface area contributed by atoms with Crippen LogP contribution in [0.4, 0.5) is 5.95 Å². The van der Waals surface area contributed by atoms with Gasteiger partial charge >= 0.3 is 0 Å². The van der Waals surface area contributed by atoms with Crippen LogP contribution in [0, 0.1) is 0 Å². The number of rotatable bonds is 8. The van der Waals surface area contributed by atoms with Crippen molar-refractivity contribution in [3.8, 4) is 0 Å². The number of hydrogen-bond donors (Lipinski definition) is 1. The monoisotopic (exact) mass is 389 g/mol. The minimum atomic E-state index is -0.113. The molecule has 1 aromatic carbocycles. The molecule has 0 aliphatic carbocycles. The van der Waals surface area contributed by atoms with Crippen LogP contribution in [0.5, 0.6) is 0 Å². The van der Waals surface area contributed by atoms with Gasteiger partial charge in [-0.2, -0.15) is 0 Å². The van der Waals surface area contributed by atoms with Crippen LogP contribution >= 0.6 is 11.6 Å². The van der Waals surface area contributed by atoms with Gasteiger partial charge in [-0.3, -0.25) is 9.69 Å². The zero-order chi connectivity index (χ0) is 18.9. The average Bonchev–Trinajstić information content (AvgIpc) is 2.71. The van der Waals surface area contributed by atoms with E-state index in [1.165, 1.54) is 0 Å². The van der Waals surface area contributed by atoms with Crippen LogP contribution in [0.1, 0.15) is 5.56 Å². The van der Waals surface area contributed by atoms with E-state index in [9.17, 15) is 4.79 Å². The minimum Gasteiger partial charge on any atom is -0.367 e. The van der Waals surface area contributed by atoms with E-state index in [2.05, 4.69) is 25.1 Å². The third-order valence-corrected chi connectivity index (χ3v) is 4.77. The average molecular weight is 390 g/mol. The number of benzene rings is 1. The summed E-state index contributed by atoms with van der Waals surface area (Å²) in [5.41, 5.74) is 0.882. The molecule has 0 unspecified atom stereocenters. The zero-order valence-corrected chi connectivity index (χ0v) is 15.9. The van der Waals surface area contributed by atoms with Crippen molar-refractivity contribution in [2.45, 2.75) is 6.61 Å². The molecule has 1 amide bonds. The highest BCUT2D eigenvalue weighted by atomic mass is 35.5. The van der Waals surface area contributed by atoms with Gasteiger partial charge in [-0.15, -0.1) is 0 Å². The Kier molecular flexibility index (Phi) is 7.38. The molecular weight excluding hydrogens is 366 g/mol. The van der Waals surface area contributed by atoms with Crippen LogP contribution in [-0.2, 0) is 16.1 Å². The summed E-state index contributed by atoms with van der Waals surface area (Å²) in [5.74, 6) is 0.666. The molecule has 7 nitrogen and oxygen atoms in total. The highest BCUT2D eigenvalue weighted by Crippen LogP contribution is 2.15. The summed E-state index contributed by atoms with van der Waals surface area (Å²) < 4.78 is 5.44. The normalized spacial score (nSPS) is 14.9. The molecule has 1 N–H and O–H groups in total. The predicted octanol–water partition coefficient (Wildman–Crippen LogP) is 1.58.